The third kappa shape index (κ3) is 2.15. The Labute approximate surface area is 85.1 Å². The SMILES string of the molecule is O=C1CCCN(C2CCCCC2O)C1. The monoisotopic (exact) mass is 197 g/mol. The fourth-order valence-corrected chi connectivity index (χ4v) is 2.66. The minimum atomic E-state index is -0.199. The van der Waals surface area contributed by atoms with E-state index in [0.29, 0.717) is 12.3 Å². The van der Waals surface area contributed by atoms with Gasteiger partial charge < -0.3 is 5.11 Å². The van der Waals surface area contributed by atoms with Gasteiger partial charge in [-0.25, -0.2) is 0 Å². The van der Waals surface area contributed by atoms with E-state index in [1.54, 1.807) is 0 Å². The summed E-state index contributed by atoms with van der Waals surface area (Å²) in [6.07, 6.45) is 5.83. The van der Waals surface area contributed by atoms with Crippen molar-refractivity contribution in [3.8, 4) is 0 Å². The molecule has 1 saturated carbocycles. The molecule has 2 rings (SSSR count). The van der Waals surface area contributed by atoms with E-state index in [1.165, 1.54) is 6.42 Å². The molecule has 3 nitrogen and oxygen atoms in total. The summed E-state index contributed by atoms with van der Waals surface area (Å²) in [6, 6.07) is 0.257. The van der Waals surface area contributed by atoms with E-state index in [2.05, 4.69) is 4.90 Å². The Morgan fingerprint density at radius 3 is 2.71 bits per heavy atom. The first-order chi connectivity index (χ1) is 6.77. The topological polar surface area (TPSA) is 40.5 Å². The van der Waals surface area contributed by atoms with Crippen molar-refractivity contribution >= 4 is 5.78 Å². The smallest absolute Gasteiger partial charge is 0.146 e. The first-order valence-corrected chi connectivity index (χ1v) is 5.71. The number of hydrogen-bond acceptors (Lipinski definition) is 3. The molecular weight excluding hydrogens is 178 g/mol. The second-order valence-corrected chi connectivity index (χ2v) is 4.53. The van der Waals surface area contributed by atoms with Crippen LogP contribution in [-0.4, -0.2) is 41.0 Å². The van der Waals surface area contributed by atoms with Crippen LogP contribution in [0.1, 0.15) is 38.5 Å². The lowest BCUT2D eigenvalue weighted by molar-refractivity contribution is -0.124. The second kappa shape index (κ2) is 4.41. The summed E-state index contributed by atoms with van der Waals surface area (Å²) in [6.45, 7) is 1.56. The first-order valence-electron chi connectivity index (χ1n) is 5.71. The van der Waals surface area contributed by atoms with Gasteiger partial charge in [0, 0.05) is 12.5 Å². The minimum absolute atomic E-state index is 0.199. The Morgan fingerprint density at radius 2 is 2.00 bits per heavy atom. The Hall–Kier alpha value is -0.410. The molecule has 14 heavy (non-hydrogen) atoms. The van der Waals surface area contributed by atoms with Crippen molar-refractivity contribution in [1.82, 2.24) is 4.90 Å². The van der Waals surface area contributed by atoms with Crippen LogP contribution >= 0.6 is 0 Å². The van der Waals surface area contributed by atoms with Crippen molar-refractivity contribution in [1.29, 1.82) is 0 Å². The summed E-state index contributed by atoms with van der Waals surface area (Å²) in [5.41, 5.74) is 0. The summed E-state index contributed by atoms with van der Waals surface area (Å²) in [5, 5.41) is 9.85. The maximum Gasteiger partial charge on any atom is 0.146 e. The van der Waals surface area contributed by atoms with Crippen molar-refractivity contribution in [3.63, 3.8) is 0 Å². The normalized spacial score (nSPS) is 35.9. The third-order valence-electron chi connectivity index (χ3n) is 3.44. The van der Waals surface area contributed by atoms with Crippen molar-refractivity contribution in [3.05, 3.63) is 0 Å². The van der Waals surface area contributed by atoms with Crippen LogP contribution in [0.2, 0.25) is 0 Å². The van der Waals surface area contributed by atoms with Crippen LogP contribution in [0, 0.1) is 0 Å². The van der Waals surface area contributed by atoms with E-state index >= 15 is 0 Å². The summed E-state index contributed by atoms with van der Waals surface area (Å²) in [5.74, 6) is 0.342. The molecule has 0 radical (unpaired) electrons. The average Bonchev–Trinajstić information content (AvgIpc) is 2.18. The molecule has 0 aromatic heterocycles. The zero-order valence-electron chi connectivity index (χ0n) is 8.61. The molecule has 2 aliphatic rings. The predicted octanol–water partition coefficient (Wildman–Crippen LogP) is 0.955. The van der Waals surface area contributed by atoms with Gasteiger partial charge in [0.1, 0.15) is 5.78 Å². The lowest BCUT2D eigenvalue weighted by Crippen LogP contribution is -2.49. The van der Waals surface area contributed by atoms with Crippen molar-refractivity contribution < 1.29 is 9.90 Å². The number of hydrogen-bond donors (Lipinski definition) is 1. The molecule has 1 heterocycles. The number of carbonyl (C=O) groups excluding carboxylic acids is 1. The summed E-state index contributed by atoms with van der Waals surface area (Å²) in [4.78, 5) is 13.5. The minimum Gasteiger partial charge on any atom is -0.391 e. The van der Waals surface area contributed by atoms with Crippen LogP contribution in [0.25, 0.3) is 0 Å². The van der Waals surface area contributed by atoms with Crippen LogP contribution < -0.4 is 0 Å². The Balaban J connectivity index is 1.94. The lowest BCUT2D eigenvalue weighted by atomic mass is 9.90. The first kappa shape index (κ1) is 10.1. The number of aliphatic hydroxyl groups is 1. The molecule has 1 N–H and O–H groups in total. The van der Waals surface area contributed by atoms with Crippen LogP contribution in [0.15, 0.2) is 0 Å². The highest BCUT2D eigenvalue weighted by Crippen LogP contribution is 2.24. The number of nitrogens with zero attached hydrogens (tertiary/aromatic N) is 1. The summed E-state index contributed by atoms with van der Waals surface area (Å²) < 4.78 is 0. The lowest BCUT2D eigenvalue weighted by Gasteiger charge is -2.39. The largest absolute Gasteiger partial charge is 0.391 e. The van der Waals surface area contributed by atoms with Gasteiger partial charge in [-0.15, -0.1) is 0 Å². The zero-order valence-corrected chi connectivity index (χ0v) is 8.61. The molecule has 1 saturated heterocycles. The van der Waals surface area contributed by atoms with Crippen LogP contribution in [0.4, 0.5) is 0 Å². The summed E-state index contributed by atoms with van der Waals surface area (Å²) in [7, 11) is 0. The Morgan fingerprint density at radius 1 is 1.21 bits per heavy atom. The molecule has 0 aromatic carbocycles. The van der Waals surface area contributed by atoms with Crippen molar-refractivity contribution in [2.75, 3.05) is 13.1 Å². The third-order valence-corrected chi connectivity index (χ3v) is 3.44. The summed E-state index contributed by atoms with van der Waals surface area (Å²) >= 11 is 0. The molecule has 0 bridgehead atoms. The number of carbonyl (C=O) groups is 1. The van der Waals surface area contributed by atoms with E-state index in [4.69, 9.17) is 0 Å². The van der Waals surface area contributed by atoms with E-state index in [9.17, 15) is 9.90 Å². The van der Waals surface area contributed by atoms with Gasteiger partial charge in [0.2, 0.25) is 0 Å². The molecular formula is C11H19NO2. The van der Waals surface area contributed by atoms with Gasteiger partial charge in [-0.1, -0.05) is 12.8 Å². The number of aliphatic hydroxyl groups excluding tert-OH is 1. The standard InChI is InChI=1S/C11H19NO2/c13-9-4-3-7-12(8-9)10-5-1-2-6-11(10)14/h10-11,14H,1-8H2. The number of likely N-dealkylation sites (tertiary alicyclic amines) is 1. The molecule has 2 unspecified atom stereocenters. The number of piperidine rings is 1. The highest BCUT2D eigenvalue weighted by molar-refractivity contribution is 5.81. The fraction of sp³-hybridized carbons (Fsp3) is 0.909. The van der Waals surface area contributed by atoms with Gasteiger partial charge >= 0.3 is 0 Å². The molecule has 1 aliphatic heterocycles. The maximum absolute atomic E-state index is 11.3. The molecule has 0 aromatic rings. The van der Waals surface area contributed by atoms with E-state index in [0.717, 1.165) is 38.6 Å². The van der Waals surface area contributed by atoms with Crippen LogP contribution in [-0.2, 0) is 4.79 Å². The predicted molar refractivity (Wildman–Crippen MR) is 54.1 cm³/mol. The molecule has 80 valence electrons. The Bertz CT molecular complexity index is 217. The number of ketones is 1. The highest BCUT2D eigenvalue weighted by Gasteiger charge is 2.31. The quantitative estimate of drug-likeness (QED) is 0.680. The van der Waals surface area contributed by atoms with Crippen molar-refractivity contribution in [2.24, 2.45) is 0 Å². The van der Waals surface area contributed by atoms with E-state index in [-0.39, 0.29) is 12.1 Å². The molecule has 0 amide bonds. The average molecular weight is 197 g/mol. The maximum atomic E-state index is 11.3. The van der Waals surface area contributed by atoms with Crippen LogP contribution in [0.3, 0.4) is 0 Å². The molecule has 1 aliphatic carbocycles. The number of Topliss-reactive ketones (excluding diaryl/α,β-unsaturated/α-hetero) is 1. The van der Waals surface area contributed by atoms with Gasteiger partial charge in [0.25, 0.3) is 0 Å². The van der Waals surface area contributed by atoms with Gasteiger partial charge in [-0.05, 0) is 25.8 Å². The molecule has 2 fully saturated rings. The second-order valence-electron chi connectivity index (χ2n) is 4.53. The fourth-order valence-electron chi connectivity index (χ4n) is 2.66. The number of rotatable bonds is 1. The van der Waals surface area contributed by atoms with Gasteiger partial charge in [0.15, 0.2) is 0 Å². The van der Waals surface area contributed by atoms with E-state index in [1.807, 2.05) is 0 Å². The van der Waals surface area contributed by atoms with Gasteiger partial charge in [-0.3, -0.25) is 9.69 Å². The van der Waals surface area contributed by atoms with Crippen LogP contribution in [0.5, 0.6) is 0 Å². The Kier molecular flexibility index (Phi) is 3.19. The zero-order chi connectivity index (χ0) is 9.97. The van der Waals surface area contributed by atoms with Gasteiger partial charge in [-0.2, -0.15) is 0 Å². The molecule has 0 spiro atoms. The van der Waals surface area contributed by atoms with Gasteiger partial charge in [0.05, 0.1) is 12.6 Å². The molecule has 2 atom stereocenters. The molecule has 3 heteroatoms. The highest BCUT2D eigenvalue weighted by atomic mass is 16.3. The van der Waals surface area contributed by atoms with E-state index < -0.39 is 0 Å². The van der Waals surface area contributed by atoms with Crippen molar-refractivity contribution in [2.45, 2.75) is 50.7 Å².